The molecule has 0 saturated carbocycles. The van der Waals surface area contributed by atoms with Crippen LogP contribution in [0.3, 0.4) is 0 Å². The van der Waals surface area contributed by atoms with E-state index in [-0.39, 0.29) is 35.5 Å². The van der Waals surface area contributed by atoms with Gasteiger partial charge in [0.15, 0.2) is 5.60 Å². The molecule has 5 rings (SSSR count). The molecular weight excluding hydrogens is 390 g/mol. The molecule has 0 bridgehead atoms. The fourth-order valence-corrected chi connectivity index (χ4v) is 4.96. The zero-order valence-corrected chi connectivity index (χ0v) is 16.4. The van der Waals surface area contributed by atoms with Gasteiger partial charge in [-0.2, -0.15) is 0 Å². The van der Waals surface area contributed by atoms with E-state index in [1.807, 2.05) is 6.07 Å². The van der Waals surface area contributed by atoms with Crippen LogP contribution in [0.15, 0.2) is 48.5 Å². The fraction of sp³-hybridized carbons (Fsp3) is 0.391. The van der Waals surface area contributed by atoms with Crippen molar-refractivity contribution >= 4 is 11.8 Å². The minimum atomic E-state index is -0.956. The Hall–Kier alpha value is -2.80. The van der Waals surface area contributed by atoms with Crippen LogP contribution in [0.2, 0.25) is 0 Å². The number of benzene rings is 2. The predicted molar refractivity (Wildman–Crippen MR) is 104 cm³/mol. The number of likely N-dealkylation sites (tertiary alicyclic amines) is 1. The van der Waals surface area contributed by atoms with Crippen LogP contribution >= 0.6 is 0 Å². The summed E-state index contributed by atoms with van der Waals surface area (Å²) in [5.74, 6) is -1.32. The molecule has 7 heteroatoms. The lowest BCUT2D eigenvalue weighted by atomic mass is 9.89. The Balaban J connectivity index is 1.31. The van der Waals surface area contributed by atoms with Crippen molar-refractivity contribution in [3.8, 4) is 0 Å². The van der Waals surface area contributed by atoms with E-state index < -0.39 is 11.4 Å². The van der Waals surface area contributed by atoms with Gasteiger partial charge in [0.05, 0.1) is 11.6 Å². The van der Waals surface area contributed by atoms with Gasteiger partial charge in [-0.1, -0.05) is 24.3 Å². The average Bonchev–Trinajstić information content (AvgIpc) is 3.27. The van der Waals surface area contributed by atoms with Crippen LogP contribution in [-0.2, 0) is 9.53 Å². The van der Waals surface area contributed by atoms with Gasteiger partial charge in [0.1, 0.15) is 17.9 Å². The second kappa shape index (κ2) is 7.16. The van der Waals surface area contributed by atoms with Crippen molar-refractivity contribution in [2.75, 3.05) is 13.1 Å². The van der Waals surface area contributed by atoms with E-state index in [1.54, 1.807) is 28.0 Å². The van der Waals surface area contributed by atoms with Crippen molar-refractivity contribution in [2.45, 2.75) is 43.6 Å². The maximum Gasteiger partial charge on any atom is 0.257 e. The maximum atomic E-state index is 14.0. The minimum Gasteiger partial charge on any atom is -0.342 e. The van der Waals surface area contributed by atoms with Crippen LogP contribution < -0.4 is 0 Å². The number of piperidine rings is 1. The highest BCUT2D eigenvalue weighted by Gasteiger charge is 2.58. The van der Waals surface area contributed by atoms with Crippen LogP contribution in [-0.4, -0.2) is 46.5 Å². The highest BCUT2D eigenvalue weighted by atomic mass is 19.1. The monoisotopic (exact) mass is 412 g/mol. The number of ether oxygens (including phenoxy) is 1. The summed E-state index contributed by atoms with van der Waals surface area (Å²) in [6.45, 7) is 0.647. The third-order valence-corrected chi connectivity index (χ3v) is 6.52. The third kappa shape index (κ3) is 2.99. The Labute approximate surface area is 173 Å². The van der Waals surface area contributed by atoms with Gasteiger partial charge >= 0.3 is 0 Å². The summed E-state index contributed by atoms with van der Waals surface area (Å²) in [5.41, 5.74) is -0.138. The summed E-state index contributed by atoms with van der Waals surface area (Å²) in [7, 11) is 0. The average molecular weight is 412 g/mol. The fourth-order valence-electron chi connectivity index (χ4n) is 4.96. The van der Waals surface area contributed by atoms with E-state index in [1.165, 1.54) is 24.3 Å². The Morgan fingerprint density at radius 1 is 1.03 bits per heavy atom. The largest absolute Gasteiger partial charge is 0.342 e. The molecule has 3 heterocycles. The smallest absolute Gasteiger partial charge is 0.257 e. The van der Waals surface area contributed by atoms with Gasteiger partial charge in [0.25, 0.3) is 11.8 Å². The molecule has 0 aliphatic carbocycles. The standard InChI is InChI=1S/C23H22F2N2O3/c24-16-5-3-4-15(14-16)19-8-9-20-27(19)22(29)23(30-20)10-12-26(13-11-23)21(28)17-6-1-2-7-18(17)25/h1-7,14,19-20H,8-13H2. The topological polar surface area (TPSA) is 49.9 Å². The molecular formula is C23H22F2N2O3. The second-order valence-electron chi connectivity index (χ2n) is 8.20. The molecule has 5 nitrogen and oxygen atoms in total. The lowest BCUT2D eigenvalue weighted by Crippen LogP contribution is -2.51. The highest BCUT2D eigenvalue weighted by molar-refractivity contribution is 5.95. The number of carbonyl (C=O) groups excluding carboxylic acids is 2. The minimum absolute atomic E-state index is 0.0407. The van der Waals surface area contributed by atoms with Crippen LogP contribution in [0.25, 0.3) is 0 Å². The molecule has 2 amide bonds. The van der Waals surface area contributed by atoms with Gasteiger partial charge in [-0.15, -0.1) is 0 Å². The predicted octanol–water partition coefficient (Wildman–Crippen LogP) is 3.66. The molecule has 1 spiro atoms. The number of nitrogens with zero attached hydrogens (tertiary/aromatic N) is 2. The molecule has 3 aliphatic heterocycles. The molecule has 2 atom stereocenters. The first-order valence-corrected chi connectivity index (χ1v) is 10.3. The first-order chi connectivity index (χ1) is 14.5. The third-order valence-electron chi connectivity index (χ3n) is 6.52. The molecule has 3 saturated heterocycles. The SMILES string of the molecule is O=C(c1ccccc1F)N1CCC2(CC1)OC1CCC(c3cccc(F)c3)N1C2=O. The highest BCUT2D eigenvalue weighted by Crippen LogP contribution is 2.47. The summed E-state index contributed by atoms with van der Waals surface area (Å²) in [4.78, 5) is 29.4. The normalized spacial score (nSPS) is 25.1. The molecule has 2 aromatic rings. The van der Waals surface area contributed by atoms with Crippen molar-refractivity contribution in [1.29, 1.82) is 0 Å². The van der Waals surface area contributed by atoms with Gasteiger partial charge in [0.2, 0.25) is 0 Å². The number of hydrogen-bond donors (Lipinski definition) is 0. The number of hydrogen-bond acceptors (Lipinski definition) is 3. The van der Waals surface area contributed by atoms with Crippen LogP contribution in [0.4, 0.5) is 8.78 Å². The number of carbonyl (C=O) groups is 2. The van der Waals surface area contributed by atoms with Crippen LogP contribution in [0.1, 0.15) is 47.6 Å². The summed E-state index contributed by atoms with van der Waals surface area (Å²) >= 11 is 0. The van der Waals surface area contributed by atoms with Crippen molar-refractivity contribution in [3.63, 3.8) is 0 Å². The summed E-state index contributed by atoms with van der Waals surface area (Å²) in [5, 5.41) is 0. The molecule has 0 N–H and O–H groups in total. The van der Waals surface area contributed by atoms with Gasteiger partial charge in [-0.3, -0.25) is 9.59 Å². The zero-order chi connectivity index (χ0) is 20.9. The van der Waals surface area contributed by atoms with E-state index in [2.05, 4.69) is 0 Å². The maximum absolute atomic E-state index is 14.0. The van der Waals surface area contributed by atoms with Gasteiger partial charge in [-0.25, -0.2) is 8.78 Å². The molecule has 2 unspecified atom stereocenters. The second-order valence-corrected chi connectivity index (χ2v) is 8.20. The molecule has 0 aromatic heterocycles. The molecule has 30 heavy (non-hydrogen) atoms. The summed E-state index contributed by atoms with van der Waals surface area (Å²) < 4.78 is 33.9. The number of fused-ring (bicyclic) bond motifs is 1. The first kappa shape index (κ1) is 19.2. The number of rotatable bonds is 2. The lowest BCUT2D eigenvalue weighted by Gasteiger charge is -2.37. The summed E-state index contributed by atoms with van der Waals surface area (Å²) in [6.07, 6.45) is 1.85. The van der Waals surface area contributed by atoms with Crippen molar-refractivity contribution in [3.05, 3.63) is 71.3 Å². The molecule has 0 radical (unpaired) electrons. The van der Waals surface area contributed by atoms with E-state index in [4.69, 9.17) is 4.74 Å². The van der Waals surface area contributed by atoms with E-state index >= 15 is 0 Å². The van der Waals surface area contributed by atoms with Crippen molar-refractivity contribution in [1.82, 2.24) is 9.80 Å². The quantitative estimate of drug-likeness (QED) is 0.757. The van der Waals surface area contributed by atoms with Crippen LogP contribution in [0, 0.1) is 11.6 Å². The van der Waals surface area contributed by atoms with Gasteiger partial charge < -0.3 is 14.5 Å². The summed E-state index contributed by atoms with van der Waals surface area (Å²) in [6, 6.07) is 12.1. The van der Waals surface area contributed by atoms with Crippen molar-refractivity contribution < 1.29 is 23.1 Å². The Morgan fingerprint density at radius 2 is 1.80 bits per heavy atom. The molecule has 2 aromatic carbocycles. The lowest BCUT2D eigenvalue weighted by molar-refractivity contribution is -0.142. The van der Waals surface area contributed by atoms with Gasteiger partial charge in [-0.05, 0) is 42.7 Å². The Kier molecular flexibility index (Phi) is 4.58. The van der Waals surface area contributed by atoms with Gasteiger partial charge in [0, 0.05) is 25.9 Å². The number of amides is 2. The van der Waals surface area contributed by atoms with E-state index in [0.29, 0.717) is 32.4 Å². The number of halogens is 2. The Bertz CT molecular complexity index is 1000. The van der Waals surface area contributed by atoms with E-state index in [0.717, 1.165) is 12.0 Å². The first-order valence-electron chi connectivity index (χ1n) is 10.3. The Morgan fingerprint density at radius 3 is 2.53 bits per heavy atom. The zero-order valence-electron chi connectivity index (χ0n) is 16.4. The molecule has 156 valence electrons. The molecule has 3 fully saturated rings. The van der Waals surface area contributed by atoms with E-state index in [9.17, 15) is 18.4 Å². The van der Waals surface area contributed by atoms with Crippen LogP contribution in [0.5, 0.6) is 0 Å². The van der Waals surface area contributed by atoms with Crippen molar-refractivity contribution in [2.24, 2.45) is 0 Å². The molecule has 3 aliphatic rings.